The molecule has 1 atom stereocenters. The van der Waals surface area contributed by atoms with E-state index in [1.807, 2.05) is 67.6 Å². The predicted octanol–water partition coefficient (Wildman–Crippen LogP) is 3.19. The number of para-hydroxylation sites is 1. The smallest absolute Gasteiger partial charge is 0.263 e. The van der Waals surface area contributed by atoms with Crippen LogP contribution in [0, 0.1) is 0 Å². The monoisotopic (exact) mass is 306 g/mol. The van der Waals surface area contributed by atoms with Crippen LogP contribution in [-0.2, 0) is 4.79 Å². The molecule has 2 aromatic carbocycles. The summed E-state index contributed by atoms with van der Waals surface area (Å²) >= 11 is 0. The van der Waals surface area contributed by atoms with Gasteiger partial charge in [-0.1, -0.05) is 36.4 Å². The van der Waals surface area contributed by atoms with Gasteiger partial charge in [-0.15, -0.1) is 0 Å². The van der Waals surface area contributed by atoms with Crippen LogP contribution in [0.3, 0.4) is 0 Å². The van der Waals surface area contributed by atoms with Crippen LogP contribution in [0.1, 0.15) is 25.6 Å². The number of rotatable bonds is 3. The summed E-state index contributed by atoms with van der Waals surface area (Å²) in [5.74, 6) is -0.127. The minimum atomic E-state index is -0.273. The first-order valence-corrected chi connectivity index (χ1v) is 7.55. The fraction of sp³-hybridized carbons (Fsp3) is 0.158. The van der Waals surface area contributed by atoms with Gasteiger partial charge in [0.15, 0.2) is 0 Å². The van der Waals surface area contributed by atoms with Gasteiger partial charge in [-0.3, -0.25) is 14.2 Å². The molecule has 0 aliphatic heterocycles. The maximum atomic E-state index is 13.0. The molecular weight excluding hydrogens is 288 g/mol. The van der Waals surface area contributed by atoms with Gasteiger partial charge in [-0.2, -0.15) is 0 Å². The zero-order valence-corrected chi connectivity index (χ0v) is 13.1. The molecule has 1 amide bonds. The Kier molecular flexibility index (Phi) is 3.98. The predicted molar refractivity (Wildman–Crippen MR) is 91.8 cm³/mol. The molecule has 1 heterocycles. The second-order valence-corrected chi connectivity index (χ2v) is 5.55. The fourth-order valence-corrected chi connectivity index (χ4v) is 2.82. The quantitative estimate of drug-likeness (QED) is 0.808. The molecule has 0 aliphatic rings. The van der Waals surface area contributed by atoms with Crippen molar-refractivity contribution in [3.63, 3.8) is 0 Å². The largest absolute Gasteiger partial charge is 0.348 e. The van der Waals surface area contributed by atoms with E-state index < -0.39 is 0 Å². The van der Waals surface area contributed by atoms with Crippen molar-refractivity contribution in [3.05, 3.63) is 76.7 Å². The van der Waals surface area contributed by atoms with E-state index in [4.69, 9.17) is 0 Å². The van der Waals surface area contributed by atoms with Gasteiger partial charge < -0.3 is 5.32 Å². The molecule has 1 N–H and O–H groups in total. The van der Waals surface area contributed by atoms with E-state index in [1.165, 1.54) is 6.92 Å². The van der Waals surface area contributed by atoms with Crippen LogP contribution in [0.15, 0.2) is 65.5 Å². The molecule has 0 fully saturated rings. The Balaban J connectivity index is 2.32. The summed E-state index contributed by atoms with van der Waals surface area (Å²) in [6.45, 7) is 3.35. The Hall–Kier alpha value is -2.88. The first-order chi connectivity index (χ1) is 11.1. The molecule has 116 valence electrons. The number of carbonyl (C=O) groups is 1. The molecule has 4 nitrogen and oxygen atoms in total. The van der Waals surface area contributed by atoms with Crippen LogP contribution >= 0.6 is 0 Å². The number of amides is 1. The van der Waals surface area contributed by atoms with E-state index in [1.54, 1.807) is 4.57 Å². The average Bonchev–Trinajstić information content (AvgIpc) is 2.55. The lowest BCUT2D eigenvalue weighted by Gasteiger charge is -2.20. The van der Waals surface area contributed by atoms with Gasteiger partial charge in [0, 0.05) is 23.7 Å². The maximum absolute atomic E-state index is 13.0. The Bertz CT molecular complexity index is 914. The average molecular weight is 306 g/mol. The van der Waals surface area contributed by atoms with E-state index in [-0.39, 0.29) is 17.5 Å². The summed E-state index contributed by atoms with van der Waals surface area (Å²) < 4.78 is 1.67. The number of nitrogens with zero attached hydrogens (tertiary/aromatic N) is 1. The summed E-state index contributed by atoms with van der Waals surface area (Å²) in [7, 11) is 0. The Morgan fingerprint density at radius 1 is 1.04 bits per heavy atom. The number of hydrogen-bond donors (Lipinski definition) is 1. The maximum Gasteiger partial charge on any atom is 0.263 e. The van der Waals surface area contributed by atoms with Gasteiger partial charge in [-0.05, 0) is 36.6 Å². The molecule has 0 saturated heterocycles. The highest BCUT2D eigenvalue weighted by Crippen LogP contribution is 2.20. The van der Waals surface area contributed by atoms with Gasteiger partial charge in [0.05, 0.1) is 6.04 Å². The van der Waals surface area contributed by atoms with E-state index in [0.717, 1.165) is 16.8 Å². The van der Waals surface area contributed by atoms with Crippen LogP contribution < -0.4 is 10.9 Å². The molecule has 3 aromatic rings. The molecule has 0 bridgehead atoms. The standard InChI is InChI=1S/C19H18N2O2/c1-13(20-14(2)22)18-12-15-8-6-7-11-17(15)19(23)21(18)16-9-4-3-5-10-16/h3-13H,1-2H3,(H,20,22). The van der Waals surface area contributed by atoms with E-state index in [0.29, 0.717) is 5.39 Å². The van der Waals surface area contributed by atoms with Crippen molar-refractivity contribution in [2.75, 3.05) is 0 Å². The van der Waals surface area contributed by atoms with Crippen LogP contribution in [0.4, 0.5) is 0 Å². The van der Waals surface area contributed by atoms with Crippen molar-refractivity contribution in [2.45, 2.75) is 19.9 Å². The van der Waals surface area contributed by atoms with Gasteiger partial charge in [0.25, 0.3) is 5.56 Å². The van der Waals surface area contributed by atoms with Gasteiger partial charge in [0.2, 0.25) is 5.91 Å². The lowest BCUT2D eigenvalue weighted by Crippen LogP contribution is -2.30. The van der Waals surface area contributed by atoms with Crippen molar-refractivity contribution in [1.29, 1.82) is 0 Å². The molecule has 0 aliphatic carbocycles. The highest BCUT2D eigenvalue weighted by Gasteiger charge is 2.16. The second kappa shape index (κ2) is 6.08. The molecule has 0 radical (unpaired) electrons. The lowest BCUT2D eigenvalue weighted by molar-refractivity contribution is -0.119. The zero-order chi connectivity index (χ0) is 16.4. The number of fused-ring (bicyclic) bond motifs is 1. The molecule has 0 saturated carbocycles. The second-order valence-electron chi connectivity index (χ2n) is 5.55. The summed E-state index contributed by atoms with van der Waals surface area (Å²) in [4.78, 5) is 24.4. The Morgan fingerprint density at radius 2 is 1.70 bits per heavy atom. The molecule has 3 rings (SSSR count). The Morgan fingerprint density at radius 3 is 2.39 bits per heavy atom. The number of pyridine rings is 1. The first kappa shape index (κ1) is 15.0. The first-order valence-electron chi connectivity index (χ1n) is 7.55. The van der Waals surface area contributed by atoms with Crippen molar-refractivity contribution < 1.29 is 4.79 Å². The number of benzene rings is 2. The summed E-state index contributed by atoms with van der Waals surface area (Å²) in [6.07, 6.45) is 0. The summed E-state index contributed by atoms with van der Waals surface area (Å²) in [5, 5.41) is 4.40. The minimum absolute atomic E-state index is 0.0819. The third-order valence-corrected chi connectivity index (χ3v) is 3.83. The number of aromatic nitrogens is 1. The number of nitrogens with one attached hydrogen (secondary N) is 1. The topological polar surface area (TPSA) is 51.1 Å². The van der Waals surface area contributed by atoms with Crippen LogP contribution in [0.2, 0.25) is 0 Å². The normalized spacial score (nSPS) is 12.1. The van der Waals surface area contributed by atoms with Gasteiger partial charge >= 0.3 is 0 Å². The SMILES string of the molecule is CC(=O)NC(C)c1cc2ccccc2c(=O)n1-c1ccccc1. The van der Waals surface area contributed by atoms with Gasteiger partial charge in [-0.25, -0.2) is 0 Å². The molecule has 1 unspecified atom stereocenters. The van der Waals surface area contributed by atoms with E-state index >= 15 is 0 Å². The lowest BCUT2D eigenvalue weighted by atomic mass is 10.1. The van der Waals surface area contributed by atoms with Crippen LogP contribution in [0.25, 0.3) is 16.5 Å². The van der Waals surface area contributed by atoms with Crippen molar-refractivity contribution >= 4 is 16.7 Å². The van der Waals surface area contributed by atoms with Crippen LogP contribution in [-0.4, -0.2) is 10.5 Å². The van der Waals surface area contributed by atoms with Crippen LogP contribution in [0.5, 0.6) is 0 Å². The van der Waals surface area contributed by atoms with Crippen molar-refractivity contribution in [2.24, 2.45) is 0 Å². The zero-order valence-electron chi connectivity index (χ0n) is 13.1. The summed E-state index contributed by atoms with van der Waals surface area (Å²) in [5.41, 5.74) is 1.46. The summed E-state index contributed by atoms with van der Waals surface area (Å²) in [6, 6.07) is 18.7. The third-order valence-electron chi connectivity index (χ3n) is 3.83. The molecule has 0 spiro atoms. The number of carbonyl (C=O) groups excluding carboxylic acids is 1. The van der Waals surface area contributed by atoms with E-state index in [2.05, 4.69) is 5.32 Å². The highest BCUT2D eigenvalue weighted by atomic mass is 16.1. The third kappa shape index (κ3) is 2.88. The van der Waals surface area contributed by atoms with Crippen molar-refractivity contribution in [3.8, 4) is 5.69 Å². The number of hydrogen-bond acceptors (Lipinski definition) is 2. The molecular formula is C19H18N2O2. The highest BCUT2D eigenvalue weighted by molar-refractivity contribution is 5.82. The van der Waals surface area contributed by atoms with E-state index in [9.17, 15) is 9.59 Å². The molecule has 4 heteroatoms. The fourth-order valence-electron chi connectivity index (χ4n) is 2.82. The molecule has 1 aromatic heterocycles. The van der Waals surface area contributed by atoms with Crippen molar-refractivity contribution in [1.82, 2.24) is 9.88 Å². The van der Waals surface area contributed by atoms with Gasteiger partial charge in [0.1, 0.15) is 0 Å². The minimum Gasteiger partial charge on any atom is -0.348 e. The Labute approximate surface area is 134 Å². The molecule has 23 heavy (non-hydrogen) atoms.